The van der Waals surface area contributed by atoms with Crippen LogP contribution < -0.4 is 5.73 Å². The smallest absolute Gasteiger partial charge is 0.256 e. The SMILES string of the molecule is CCN(C(=O)c1ccnc(-c2ccccc2)c1N)[C@@H](C)c1cccnc1. The number of nitrogens with two attached hydrogens (primary N) is 1. The van der Waals surface area contributed by atoms with E-state index in [-0.39, 0.29) is 11.9 Å². The molecule has 0 bridgehead atoms. The minimum atomic E-state index is -0.110. The van der Waals surface area contributed by atoms with Crippen molar-refractivity contribution >= 4 is 11.6 Å². The van der Waals surface area contributed by atoms with Gasteiger partial charge in [0.05, 0.1) is 23.0 Å². The highest BCUT2D eigenvalue weighted by molar-refractivity contribution is 6.02. The minimum absolute atomic E-state index is 0.103. The van der Waals surface area contributed by atoms with Crippen LogP contribution in [-0.2, 0) is 0 Å². The molecule has 132 valence electrons. The van der Waals surface area contributed by atoms with E-state index in [0.717, 1.165) is 11.1 Å². The number of nitrogen functional groups attached to an aromatic ring is 1. The molecular formula is C21H22N4O. The van der Waals surface area contributed by atoms with Gasteiger partial charge >= 0.3 is 0 Å². The van der Waals surface area contributed by atoms with Crippen molar-refractivity contribution in [3.63, 3.8) is 0 Å². The molecule has 0 unspecified atom stereocenters. The van der Waals surface area contributed by atoms with Crippen molar-refractivity contribution in [1.29, 1.82) is 0 Å². The van der Waals surface area contributed by atoms with Crippen LogP contribution in [-0.4, -0.2) is 27.3 Å². The van der Waals surface area contributed by atoms with Gasteiger partial charge < -0.3 is 10.6 Å². The van der Waals surface area contributed by atoms with E-state index in [1.165, 1.54) is 0 Å². The third-order valence-electron chi connectivity index (χ3n) is 4.50. The predicted molar refractivity (Wildman–Crippen MR) is 103 cm³/mol. The standard InChI is InChI=1S/C21H22N4O/c1-3-25(15(2)17-10-7-12-23-14-17)21(26)18-11-13-24-20(19(18)22)16-8-5-4-6-9-16/h4-15H,3,22H2,1-2H3/t15-/m0/s1. The lowest BCUT2D eigenvalue weighted by atomic mass is 10.0. The molecule has 0 aliphatic carbocycles. The van der Waals surface area contributed by atoms with Crippen LogP contribution in [0.5, 0.6) is 0 Å². The number of amides is 1. The molecule has 0 fully saturated rings. The molecule has 5 heteroatoms. The zero-order chi connectivity index (χ0) is 18.5. The highest BCUT2D eigenvalue weighted by Crippen LogP contribution is 2.29. The van der Waals surface area contributed by atoms with Crippen LogP contribution in [0.4, 0.5) is 5.69 Å². The van der Waals surface area contributed by atoms with E-state index >= 15 is 0 Å². The monoisotopic (exact) mass is 346 g/mol. The summed E-state index contributed by atoms with van der Waals surface area (Å²) in [5, 5.41) is 0. The van der Waals surface area contributed by atoms with Crippen LogP contribution in [0.3, 0.4) is 0 Å². The molecule has 0 aliphatic rings. The molecule has 0 radical (unpaired) electrons. The third-order valence-corrected chi connectivity index (χ3v) is 4.50. The molecular weight excluding hydrogens is 324 g/mol. The molecule has 26 heavy (non-hydrogen) atoms. The van der Waals surface area contributed by atoms with Crippen molar-refractivity contribution < 1.29 is 4.79 Å². The Bertz CT molecular complexity index is 881. The number of anilines is 1. The van der Waals surface area contributed by atoms with Crippen molar-refractivity contribution in [2.24, 2.45) is 0 Å². The molecule has 0 spiro atoms. The zero-order valence-corrected chi connectivity index (χ0v) is 15.0. The third kappa shape index (κ3) is 3.42. The molecule has 0 saturated heterocycles. The highest BCUT2D eigenvalue weighted by atomic mass is 16.2. The Morgan fingerprint density at radius 1 is 1.12 bits per heavy atom. The average molecular weight is 346 g/mol. The Kier molecular flexibility index (Phi) is 5.27. The molecule has 2 N–H and O–H groups in total. The summed E-state index contributed by atoms with van der Waals surface area (Å²) in [6.07, 6.45) is 5.14. The summed E-state index contributed by atoms with van der Waals surface area (Å²) in [4.78, 5) is 23.5. The van der Waals surface area contributed by atoms with E-state index in [4.69, 9.17) is 5.73 Å². The first-order chi connectivity index (χ1) is 12.6. The van der Waals surface area contributed by atoms with E-state index in [2.05, 4.69) is 9.97 Å². The van der Waals surface area contributed by atoms with Gasteiger partial charge in [0.2, 0.25) is 0 Å². The molecule has 0 saturated carbocycles. The predicted octanol–water partition coefficient (Wildman–Crippen LogP) is 3.95. The summed E-state index contributed by atoms with van der Waals surface area (Å²) in [6.45, 7) is 4.52. The van der Waals surface area contributed by atoms with Gasteiger partial charge in [0, 0.05) is 30.7 Å². The van der Waals surface area contributed by atoms with Crippen LogP contribution in [0.25, 0.3) is 11.3 Å². The first-order valence-corrected chi connectivity index (χ1v) is 8.64. The number of carbonyl (C=O) groups is 1. The fourth-order valence-electron chi connectivity index (χ4n) is 3.04. The first-order valence-electron chi connectivity index (χ1n) is 8.64. The number of rotatable bonds is 5. The number of benzene rings is 1. The van der Waals surface area contributed by atoms with E-state index in [1.807, 2.05) is 56.3 Å². The largest absolute Gasteiger partial charge is 0.396 e. The van der Waals surface area contributed by atoms with Gasteiger partial charge in [-0.15, -0.1) is 0 Å². The maximum absolute atomic E-state index is 13.2. The first kappa shape index (κ1) is 17.6. The molecule has 3 rings (SSSR count). The van der Waals surface area contributed by atoms with Gasteiger partial charge in [0.25, 0.3) is 5.91 Å². The Labute approximate surface area is 153 Å². The summed E-state index contributed by atoms with van der Waals surface area (Å²) < 4.78 is 0. The second kappa shape index (κ2) is 7.78. The van der Waals surface area contributed by atoms with Gasteiger partial charge in [-0.1, -0.05) is 36.4 Å². The number of nitrogens with zero attached hydrogens (tertiary/aromatic N) is 3. The molecule has 2 aromatic heterocycles. The fraction of sp³-hybridized carbons (Fsp3) is 0.190. The second-order valence-electron chi connectivity index (χ2n) is 6.04. The molecule has 5 nitrogen and oxygen atoms in total. The maximum Gasteiger partial charge on any atom is 0.256 e. The zero-order valence-electron chi connectivity index (χ0n) is 15.0. The summed E-state index contributed by atoms with van der Waals surface area (Å²) in [7, 11) is 0. The fourth-order valence-corrected chi connectivity index (χ4v) is 3.04. The van der Waals surface area contributed by atoms with E-state index < -0.39 is 0 Å². The molecule has 1 atom stereocenters. The topological polar surface area (TPSA) is 72.1 Å². The molecule has 0 aliphatic heterocycles. The summed E-state index contributed by atoms with van der Waals surface area (Å²) in [5.74, 6) is -0.110. The molecule has 3 aromatic rings. The summed E-state index contributed by atoms with van der Waals surface area (Å²) in [6, 6.07) is 15.1. The van der Waals surface area contributed by atoms with Gasteiger partial charge in [0.15, 0.2) is 0 Å². The van der Waals surface area contributed by atoms with Crippen molar-refractivity contribution in [3.8, 4) is 11.3 Å². The Morgan fingerprint density at radius 3 is 2.54 bits per heavy atom. The lowest BCUT2D eigenvalue weighted by Gasteiger charge is -2.29. The lowest BCUT2D eigenvalue weighted by Crippen LogP contribution is -2.34. The van der Waals surface area contributed by atoms with Crippen LogP contribution in [0.2, 0.25) is 0 Å². The van der Waals surface area contributed by atoms with Crippen molar-refractivity contribution in [3.05, 3.63) is 78.2 Å². The van der Waals surface area contributed by atoms with Crippen LogP contribution >= 0.6 is 0 Å². The summed E-state index contributed by atoms with van der Waals surface area (Å²) in [5.41, 5.74) is 9.70. The molecule has 1 amide bonds. The minimum Gasteiger partial charge on any atom is -0.396 e. The molecule has 2 heterocycles. The number of pyridine rings is 2. The number of aromatic nitrogens is 2. The second-order valence-corrected chi connectivity index (χ2v) is 6.04. The van der Waals surface area contributed by atoms with Gasteiger partial charge in [-0.2, -0.15) is 0 Å². The van der Waals surface area contributed by atoms with Crippen molar-refractivity contribution in [1.82, 2.24) is 14.9 Å². The van der Waals surface area contributed by atoms with E-state index in [1.54, 1.807) is 29.6 Å². The van der Waals surface area contributed by atoms with Crippen molar-refractivity contribution in [2.45, 2.75) is 19.9 Å². The number of carbonyl (C=O) groups excluding carboxylic acids is 1. The van der Waals surface area contributed by atoms with Crippen LogP contribution in [0.1, 0.15) is 35.8 Å². The quantitative estimate of drug-likeness (QED) is 0.759. The Morgan fingerprint density at radius 2 is 1.88 bits per heavy atom. The maximum atomic E-state index is 13.2. The van der Waals surface area contributed by atoms with Gasteiger partial charge in [0.1, 0.15) is 0 Å². The summed E-state index contributed by atoms with van der Waals surface area (Å²) >= 11 is 0. The van der Waals surface area contributed by atoms with E-state index in [9.17, 15) is 4.79 Å². The van der Waals surface area contributed by atoms with Gasteiger partial charge in [-0.05, 0) is 31.5 Å². The van der Waals surface area contributed by atoms with Gasteiger partial charge in [-0.25, -0.2) is 0 Å². The highest BCUT2D eigenvalue weighted by Gasteiger charge is 2.24. The van der Waals surface area contributed by atoms with E-state index in [0.29, 0.717) is 23.5 Å². The number of hydrogen-bond donors (Lipinski definition) is 1. The lowest BCUT2D eigenvalue weighted by molar-refractivity contribution is 0.0703. The average Bonchev–Trinajstić information content (AvgIpc) is 2.70. The Hall–Kier alpha value is -3.21. The number of hydrogen-bond acceptors (Lipinski definition) is 4. The van der Waals surface area contributed by atoms with Crippen molar-refractivity contribution in [2.75, 3.05) is 12.3 Å². The van der Waals surface area contributed by atoms with Crippen LogP contribution in [0, 0.1) is 0 Å². The molecule has 1 aromatic carbocycles. The normalized spacial score (nSPS) is 11.8. The van der Waals surface area contributed by atoms with Gasteiger partial charge in [-0.3, -0.25) is 14.8 Å². The Balaban J connectivity index is 1.96. The van der Waals surface area contributed by atoms with Crippen LogP contribution in [0.15, 0.2) is 67.1 Å².